The van der Waals surface area contributed by atoms with Crippen molar-refractivity contribution in [3.05, 3.63) is 58.1 Å². The summed E-state index contributed by atoms with van der Waals surface area (Å²) in [6.45, 7) is 7.56. The van der Waals surface area contributed by atoms with E-state index in [1.807, 2.05) is 57.2 Å². The van der Waals surface area contributed by atoms with Crippen LogP contribution in [-0.2, 0) is 4.79 Å². The van der Waals surface area contributed by atoms with Crippen LogP contribution < -0.4 is 10.1 Å². The molecule has 2 aromatic carbocycles. The molecule has 116 valence electrons. The standard InChI is InChI=1S/C18H20ClNO2/c1-11-5-7-15(8-6-11)20-18(21)14(4)22-16-9-12(2)17(19)13(3)10-16/h5-10,14H,1-4H3,(H,20,21). The summed E-state index contributed by atoms with van der Waals surface area (Å²) >= 11 is 6.13. The summed E-state index contributed by atoms with van der Waals surface area (Å²) in [5.41, 5.74) is 3.77. The van der Waals surface area contributed by atoms with Crippen LogP contribution in [0, 0.1) is 20.8 Å². The molecule has 0 radical (unpaired) electrons. The quantitative estimate of drug-likeness (QED) is 0.889. The lowest BCUT2D eigenvalue weighted by atomic mass is 10.1. The molecule has 3 nitrogen and oxygen atoms in total. The number of amides is 1. The van der Waals surface area contributed by atoms with Crippen molar-refractivity contribution in [3.8, 4) is 5.75 Å². The van der Waals surface area contributed by atoms with Crippen LogP contribution in [0.25, 0.3) is 0 Å². The van der Waals surface area contributed by atoms with Crippen LogP contribution in [0.15, 0.2) is 36.4 Å². The molecule has 0 aliphatic carbocycles. The van der Waals surface area contributed by atoms with Gasteiger partial charge in [0, 0.05) is 10.7 Å². The van der Waals surface area contributed by atoms with Crippen molar-refractivity contribution >= 4 is 23.2 Å². The van der Waals surface area contributed by atoms with E-state index in [1.165, 1.54) is 0 Å². The molecule has 0 saturated heterocycles. The number of carbonyl (C=O) groups is 1. The van der Waals surface area contributed by atoms with Crippen molar-refractivity contribution in [2.45, 2.75) is 33.8 Å². The van der Waals surface area contributed by atoms with E-state index in [4.69, 9.17) is 16.3 Å². The van der Waals surface area contributed by atoms with Gasteiger partial charge in [-0.1, -0.05) is 29.3 Å². The van der Waals surface area contributed by atoms with Crippen LogP contribution in [0.3, 0.4) is 0 Å². The highest BCUT2D eigenvalue weighted by atomic mass is 35.5. The number of carbonyl (C=O) groups excluding carboxylic acids is 1. The topological polar surface area (TPSA) is 38.3 Å². The number of hydrogen-bond donors (Lipinski definition) is 1. The number of benzene rings is 2. The molecule has 2 aromatic rings. The predicted octanol–water partition coefficient (Wildman–Crippen LogP) is 4.67. The van der Waals surface area contributed by atoms with Crippen LogP contribution in [0.5, 0.6) is 5.75 Å². The Morgan fingerprint density at radius 2 is 1.64 bits per heavy atom. The highest BCUT2D eigenvalue weighted by molar-refractivity contribution is 6.32. The van der Waals surface area contributed by atoms with E-state index in [0.29, 0.717) is 5.75 Å². The Bertz CT molecular complexity index is 657. The van der Waals surface area contributed by atoms with Gasteiger partial charge in [-0.25, -0.2) is 0 Å². The molecule has 1 atom stereocenters. The molecule has 0 bridgehead atoms. The summed E-state index contributed by atoms with van der Waals surface area (Å²) in [6, 6.07) is 11.3. The summed E-state index contributed by atoms with van der Waals surface area (Å²) in [4.78, 5) is 12.2. The van der Waals surface area contributed by atoms with Gasteiger partial charge in [0.05, 0.1) is 0 Å². The summed E-state index contributed by atoms with van der Waals surface area (Å²) in [5.74, 6) is 0.458. The lowest BCUT2D eigenvalue weighted by Gasteiger charge is -2.16. The van der Waals surface area contributed by atoms with Crippen molar-refractivity contribution < 1.29 is 9.53 Å². The molecule has 4 heteroatoms. The minimum atomic E-state index is -0.596. The van der Waals surface area contributed by atoms with Gasteiger partial charge < -0.3 is 10.1 Å². The van der Waals surface area contributed by atoms with Crippen molar-refractivity contribution in [2.24, 2.45) is 0 Å². The molecule has 1 N–H and O–H groups in total. The van der Waals surface area contributed by atoms with Crippen LogP contribution in [0.1, 0.15) is 23.6 Å². The minimum Gasteiger partial charge on any atom is -0.481 e. The number of anilines is 1. The Labute approximate surface area is 136 Å². The normalized spacial score (nSPS) is 11.9. The van der Waals surface area contributed by atoms with Gasteiger partial charge in [-0.05, 0) is 63.1 Å². The maximum atomic E-state index is 12.2. The number of ether oxygens (including phenoxy) is 1. The Morgan fingerprint density at radius 3 is 2.18 bits per heavy atom. The van der Waals surface area contributed by atoms with E-state index in [0.717, 1.165) is 27.4 Å². The number of aryl methyl sites for hydroxylation is 3. The van der Waals surface area contributed by atoms with E-state index < -0.39 is 6.10 Å². The molecule has 2 rings (SSSR count). The summed E-state index contributed by atoms with van der Waals surface area (Å²) in [5, 5.41) is 3.57. The van der Waals surface area contributed by atoms with Crippen LogP contribution >= 0.6 is 11.6 Å². The van der Waals surface area contributed by atoms with E-state index in [2.05, 4.69) is 5.32 Å². The number of rotatable bonds is 4. The van der Waals surface area contributed by atoms with Gasteiger partial charge in [0.25, 0.3) is 5.91 Å². The molecule has 0 saturated carbocycles. The third kappa shape index (κ3) is 4.01. The number of halogens is 1. The van der Waals surface area contributed by atoms with E-state index in [1.54, 1.807) is 6.92 Å². The highest BCUT2D eigenvalue weighted by Gasteiger charge is 2.15. The Morgan fingerprint density at radius 1 is 1.09 bits per heavy atom. The zero-order valence-electron chi connectivity index (χ0n) is 13.2. The first kappa shape index (κ1) is 16.4. The average molecular weight is 318 g/mol. The maximum absolute atomic E-state index is 12.2. The van der Waals surface area contributed by atoms with Crippen LogP contribution in [0.2, 0.25) is 5.02 Å². The van der Waals surface area contributed by atoms with Gasteiger partial charge in [0.15, 0.2) is 6.10 Å². The van der Waals surface area contributed by atoms with Gasteiger partial charge in [-0.2, -0.15) is 0 Å². The third-order valence-electron chi connectivity index (χ3n) is 3.41. The Balaban J connectivity index is 2.03. The van der Waals surface area contributed by atoms with E-state index >= 15 is 0 Å². The predicted molar refractivity (Wildman–Crippen MR) is 90.8 cm³/mol. The second-order valence-corrected chi connectivity index (χ2v) is 5.86. The molecule has 1 amide bonds. The second-order valence-electron chi connectivity index (χ2n) is 5.49. The largest absolute Gasteiger partial charge is 0.481 e. The summed E-state index contributed by atoms with van der Waals surface area (Å²) in [6.07, 6.45) is -0.596. The zero-order valence-corrected chi connectivity index (χ0v) is 14.0. The molecular weight excluding hydrogens is 298 g/mol. The Kier molecular flexibility index (Phi) is 5.09. The molecule has 0 aliphatic rings. The first-order valence-corrected chi connectivity index (χ1v) is 7.55. The summed E-state index contributed by atoms with van der Waals surface area (Å²) in [7, 11) is 0. The average Bonchev–Trinajstić information content (AvgIpc) is 2.47. The number of hydrogen-bond acceptors (Lipinski definition) is 2. The van der Waals surface area contributed by atoms with Crippen molar-refractivity contribution in [1.82, 2.24) is 0 Å². The van der Waals surface area contributed by atoms with Crippen LogP contribution in [0.4, 0.5) is 5.69 Å². The molecule has 22 heavy (non-hydrogen) atoms. The van der Waals surface area contributed by atoms with Crippen LogP contribution in [-0.4, -0.2) is 12.0 Å². The molecular formula is C18H20ClNO2. The lowest BCUT2D eigenvalue weighted by Crippen LogP contribution is -2.30. The fourth-order valence-corrected chi connectivity index (χ4v) is 2.22. The van der Waals surface area contributed by atoms with Gasteiger partial charge in [-0.3, -0.25) is 4.79 Å². The SMILES string of the molecule is Cc1ccc(NC(=O)C(C)Oc2cc(C)c(Cl)c(C)c2)cc1. The smallest absolute Gasteiger partial charge is 0.265 e. The van der Waals surface area contributed by atoms with Gasteiger partial charge in [-0.15, -0.1) is 0 Å². The highest BCUT2D eigenvalue weighted by Crippen LogP contribution is 2.26. The van der Waals surface area contributed by atoms with Crippen molar-refractivity contribution in [1.29, 1.82) is 0 Å². The fourth-order valence-electron chi connectivity index (χ4n) is 2.11. The maximum Gasteiger partial charge on any atom is 0.265 e. The molecule has 0 heterocycles. The molecule has 0 fully saturated rings. The second kappa shape index (κ2) is 6.84. The Hall–Kier alpha value is -2.00. The van der Waals surface area contributed by atoms with E-state index in [9.17, 15) is 4.79 Å². The minimum absolute atomic E-state index is 0.186. The first-order valence-electron chi connectivity index (χ1n) is 7.18. The molecule has 1 unspecified atom stereocenters. The molecule has 0 aromatic heterocycles. The summed E-state index contributed by atoms with van der Waals surface area (Å²) < 4.78 is 5.72. The first-order chi connectivity index (χ1) is 10.4. The van der Waals surface area contributed by atoms with Crippen molar-refractivity contribution in [3.63, 3.8) is 0 Å². The number of nitrogens with one attached hydrogen (secondary N) is 1. The van der Waals surface area contributed by atoms with Gasteiger partial charge >= 0.3 is 0 Å². The zero-order chi connectivity index (χ0) is 16.3. The van der Waals surface area contributed by atoms with Gasteiger partial charge in [0.1, 0.15) is 5.75 Å². The lowest BCUT2D eigenvalue weighted by molar-refractivity contribution is -0.122. The molecule has 0 aliphatic heterocycles. The third-order valence-corrected chi connectivity index (χ3v) is 4.01. The van der Waals surface area contributed by atoms with E-state index in [-0.39, 0.29) is 5.91 Å². The fraction of sp³-hybridized carbons (Fsp3) is 0.278. The van der Waals surface area contributed by atoms with Gasteiger partial charge in [0.2, 0.25) is 0 Å². The monoisotopic (exact) mass is 317 g/mol. The molecule has 0 spiro atoms. The van der Waals surface area contributed by atoms with Crippen molar-refractivity contribution in [2.75, 3.05) is 5.32 Å².